The fourth-order valence-electron chi connectivity index (χ4n) is 3.28. The molecule has 0 radical (unpaired) electrons. The Morgan fingerprint density at radius 1 is 0.967 bits per heavy atom. The van der Waals surface area contributed by atoms with Crippen LogP contribution < -0.4 is 5.48 Å². The first-order valence-electron chi connectivity index (χ1n) is 9.98. The number of amides is 1. The number of carbonyl (C=O) groups is 2. The highest BCUT2D eigenvalue weighted by atomic mass is 16.5. The summed E-state index contributed by atoms with van der Waals surface area (Å²) in [5.41, 5.74) is 5.09. The largest absolute Gasteiger partial charge is 0.304 e. The third-order valence-corrected chi connectivity index (χ3v) is 5.11. The molecule has 1 fully saturated rings. The van der Waals surface area contributed by atoms with E-state index in [1.165, 1.54) is 6.08 Å². The first-order valence-corrected chi connectivity index (χ1v) is 9.98. The SMILES string of the molecule is CN1CCN(Cc2cccc(C(=O)/C=C/c3ccc(/C=C/C(=O)NO)cc3)c2)CC1. The van der Waals surface area contributed by atoms with Crippen molar-refractivity contribution < 1.29 is 14.8 Å². The van der Waals surface area contributed by atoms with Crippen molar-refractivity contribution in [2.75, 3.05) is 33.2 Å². The first-order chi connectivity index (χ1) is 14.5. The molecule has 2 aromatic carbocycles. The third kappa shape index (κ3) is 6.49. The maximum Gasteiger partial charge on any atom is 0.267 e. The number of hydrogen-bond donors (Lipinski definition) is 2. The van der Waals surface area contributed by atoms with Gasteiger partial charge in [-0.3, -0.25) is 19.7 Å². The van der Waals surface area contributed by atoms with Gasteiger partial charge in [0.15, 0.2) is 5.78 Å². The van der Waals surface area contributed by atoms with Crippen LogP contribution in [0.25, 0.3) is 12.2 Å². The van der Waals surface area contributed by atoms with Gasteiger partial charge in [-0.1, -0.05) is 48.5 Å². The van der Waals surface area contributed by atoms with Gasteiger partial charge in [0.25, 0.3) is 5.91 Å². The molecule has 1 saturated heterocycles. The lowest BCUT2D eigenvalue weighted by atomic mass is 10.0. The summed E-state index contributed by atoms with van der Waals surface area (Å²) >= 11 is 0. The molecule has 6 nitrogen and oxygen atoms in total. The van der Waals surface area contributed by atoms with Crippen LogP contribution in [0, 0.1) is 0 Å². The van der Waals surface area contributed by atoms with Gasteiger partial charge in [-0.25, -0.2) is 5.48 Å². The second-order valence-corrected chi connectivity index (χ2v) is 7.45. The molecule has 0 spiro atoms. The lowest BCUT2D eigenvalue weighted by Crippen LogP contribution is -2.43. The Morgan fingerprint density at radius 3 is 2.23 bits per heavy atom. The summed E-state index contributed by atoms with van der Waals surface area (Å²) in [5, 5.41) is 8.49. The van der Waals surface area contributed by atoms with E-state index in [-0.39, 0.29) is 5.78 Å². The van der Waals surface area contributed by atoms with E-state index in [0.717, 1.165) is 49.4 Å². The van der Waals surface area contributed by atoms with Crippen LogP contribution in [0.3, 0.4) is 0 Å². The monoisotopic (exact) mass is 405 g/mol. The number of ketones is 1. The fourth-order valence-corrected chi connectivity index (χ4v) is 3.28. The smallest absolute Gasteiger partial charge is 0.267 e. The summed E-state index contributed by atoms with van der Waals surface area (Å²) in [6.07, 6.45) is 6.20. The van der Waals surface area contributed by atoms with Crippen LogP contribution >= 0.6 is 0 Å². The number of hydroxylamine groups is 1. The van der Waals surface area contributed by atoms with Gasteiger partial charge in [0.05, 0.1) is 0 Å². The minimum absolute atomic E-state index is 0.0289. The van der Waals surface area contributed by atoms with Gasteiger partial charge in [-0.2, -0.15) is 0 Å². The minimum atomic E-state index is -0.584. The fraction of sp³-hybridized carbons (Fsp3) is 0.250. The van der Waals surface area contributed by atoms with Crippen molar-refractivity contribution in [3.8, 4) is 0 Å². The Bertz CT molecular complexity index is 927. The first kappa shape index (κ1) is 21.6. The molecule has 0 aliphatic carbocycles. The topological polar surface area (TPSA) is 72.9 Å². The number of allylic oxidation sites excluding steroid dienone is 1. The zero-order valence-corrected chi connectivity index (χ0v) is 17.1. The van der Waals surface area contributed by atoms with Gasteiger partial charge in [-0.15, -0.1) is 0 Å². The molecule has 3 rings (SSSR count). The van der Waals surface area contributed by atoms with Gasteiger partial charge in [0, 0.05) is 44.4 Å². The number of rotatable bonds is 7. The number of hydrogen-bond acceptors (Lipinski definition) is 5. The lowest BCUT2D eigenvalue weighted by Gasteiger charge is -2.32. The molecule has 6 heteroatoms. The van der Waals surface area contributed by atoms with Crippen LogP contribution in [0.15, 0.2) is 60.7 Å². The van der Waals surface area contributed by atoms with Gasteiger partial charge in [0.1, 0.15) is 0 Å². The Labute approximate surface area is 177 Å². The zero-order chi connectivity index (χ0) is 21.3. The summed E-state index contributed by atoms with van der Waals surface area (Å²) in [5.74, 6) is -0.613. The Kier molecular flexibility index (Phi) is 7.68. The summed E-state index contributed by atoms with van der Waals surface area (Å²) < 4.78 is 0. The van der Waals surface area contributed by atoms with Gasteiger partial charge < -0.3 is 4.90 Å². The van der Waals surface area contributed by atoms with Crippen molar-refractivity contribution in [1.29, 1.82) is 0 Å². The van der Waals surface area contributed by atoms with Crippen molar-refractivity contribution in [2.45, 2.75) is 6.54 Å². The number of nitrogens with zero attached hydrogens (tertiary/aromatic N) is 2. The summed E-state index contributed by atoms with van der Waals surface area (Å²) in [6, 6.07) is 15.2. The van der Waals surface area contributed by atoms with E-state index in [4.69, 9.17) is 5.21 Å². The molecule has 1 aliphatic heterocycles. The maximum absolute atomic E-state index is 12.6. The quantitative estimate of drug-likeness (QED) is 0.321. The molecule has 1 aliphatic rings. The van der Waals surface area contributed by atoms with Crippen LogP contribution in [0.2, 0.25) is 0 Å². The number of piperazine rings is 1. The number of carbonyl (C=O) groups excluding carboxylic acids is 2. The molecule has 0 atom stereocenters. The van der Waals surface area contributed by atoms with Gasteiger partial charge in [0.2, 0.25) is 0 Å². The molecular weight excluding hydrogens is 378 g/mol. The summed E-state index contributed by atoms with van der Waals surface area (Å²) in [6.45, 7) is 5.10. The van der Waals surface area contributed by atoms with E-state index >= 15 is 0 Å². The molecule has 1 heterocycles. The number of benzene rings is 2. The number of nitrogens with one attached hydrogen (secondary N) is 1. The normalized spacial score (nSPS) is 15.7. The predicted octanol–water partition coefficient (Wildman–Crippen LogP) is 2.85. The van der Waals surface area contributed by atoms with Crippen molar-refractivity contribution in [3.63, 3.8) is 0 Å². The number of likely N-dealkylation sites (N-methyl/N-ethyl adjacent to an activating group) is 1. The van der Waals surface area contributed by atoms with Gasteiger partial charge in [-0.05, 0) is 42.0 Å². The van der Waals surface area contributed by atoms with Crippen molar-refractivity contribution in [1.82, 2.24) is 15.3 Å². The van der Waals surface area contributed by atoms with Crippen LogP contribution in [-0.2, 0) is 11.3 Å². The second-order valence-electron chi connectivity index (χ2n) is 7.45. The van der Waals surface area contributed by atoms with E-state index in [0.29, 0.717) is 5.56 Å². The summed E-state index contributed by atoms with van der Waals surface area (Å²) in [7, 11) is 2.14. The van der Waals surface area contributed by atoms with Crippen molar-refractivity contribution in [3.05, 3.63) is 82.9 Å². The molecule has 0 unspecified atom stereocenters. The van der Waals surface area contributed by atoms with Crippen LogP contribution in [0.4, 0.5) is 0 Å². The average molecular weight is 405 g/mol. The molecule has 2 aromatic rings. The average Bonchev–Trinajstić information content (AvgIpc) is 2.78. The van der Waals surface area contributed by atoms with Gasteiger partial charge >= 0.3 is 0 Å². The third-order valence-electron chi connectivity index (χ3n) is 5.11. The Hall–Kier alpha value is -3.06. The van der Waals surface area contributed by atoms with Crippen molar-refractivity contribution in [2.24, 2.45) is 0 Å². The summed E-state index contributed by atoms with van der Waals surface area (Å²) in [4.78, 5) is 28.4. The molecule has 1 amide bonds. The highest BCUT2D eigenvalue weighted by Gasteiger charge is 2.14. The van der Waals surface area contributed by atoms with E-state index in [2.05, 4.69) is 22.9 Å². The van der Waals surface area contributed by atoms with Crippen LogP contribution in [0.5, 0.6) is 0 Å². The molecule has 0 bridgehead atoms. The van der Waals surface area contributed by atoms with E-state index in [9.17, 15) is 9.59 Å². The molecule has 30 heavy (non-hydrogen) atoms. The standard InChI is InChI=1S/C24H27N3O3/c1-26-13-15-27(16-14-26)18-21-3-2-4-22(17-21)23(28)11-9-19-5-7-20(8-6-19)10-12-24(29)25-30/h2-12,17,30H,13-16,18H2,1H3,(H,25,29)/b11-9+,12-10+. The Morgan fingerprint density at radius 2 is 1.60 bits per heavy atom. The predicted molar refractivity (Wildman–Crippen MR) is 118 cm³/mol. The molecule has 0 saturated carbocycles. The van der Waals surface area contributed by atoms with E-state index in [1.54, 1.807) is 23.7 Å². The molecular formula is C24H27N3O3. The maximum atomic E-state index is 12.6. The second kappa shape index (κ2) is 10.6. The zero-order valence-electron chi connectivity index (χ0n) is 17.1. The van der Waals surface area contributed by atoms with Crippen LogP contribution in [-0.4, -0.2) is 59.9 Å². The van der Waals surface area contributed by atoms with E-state index < -0.39 is 5.91 Å². The highest BCUT2D eigenvalue weighted by Crippen LogP contribution is 2.13. The van der Waals surface area contributed by atoms with Crippen LogP contribution in [0.1, 0.15) is 27.0 Å². The minimum Gasteiger partial charge on any atom is -0.304 e. The Balaban J connectivity index is 1.59. The molecule has 0 aromatic heterocycles. The molecule has 2 N–H and O–H groups in total. The van der Waals surface area contributed by atoms with E-state index in [1.807, 2.05) is 42.5 Å². The highest BCUT2D eigenvalue weighted by molar-refractivity contribution is 6.06. The van der Waals surface area contributed by atoms with Crippen molar-refractivity contribution >= 4 is 23.8 Å². The lowest BCUT2D eigenvalue weighted by molar-refractivity contribution is -0.124. The molecule has 156 valence electrons.